The lowest BCUT2D eigenvalue weighted by Crippen LogP contribution is -2.07. The van der Waals surface area contributed by atoms with Crippen molar-refractivity contribution in [3.05, 3.63) is 29.6 Å². The quantitative estimate of drug-likeness (QED) is 0.695. The van der Waals surface area contributed by atoms with Crippen LogP contribution in [0.15, 0.2) is 18.5 Å². The normalized spacial score (nSPS) is 12.3. The smallest absolute Gasteiger partial charge is 0.345 e. The highest BCUT2D eigenvalue weighted by Crippen LogP contribution is 2.33. The van der Waals surface area contributed by atoms with E-state index in [4.69, 9.17) is 0 Å². The Bertz CT molecular complexity index is 470. The molecule has 0 aliphatic heterocycles. The summed E-state index contributed by atoms with van der Waals surface area (Å²) in [6.07, 6.45) is -2.93. The van der Waals surface area contributed by atoms with Crippen LogP contribution >= 0.6 is 0 Å². The van der Waals surface area contributed by atoms with Crippen LogP contribution in [0, 0.1) is 6.92 Å². The summed E-state index contributed by atoms with van der Waals surface area (Å²) >= 11 is 0. The summed E-state index contributed by atoms with van der Waals surface area (Å²) in [5.74, 6) is 0. The van der Waals surface area contributed by atoms with Crippen molar-refractivity contribution in [1.82, 2.24) is 9.97 Å². The number of alkyl halides is 3. The van der Waals surface area contributed by atoms with Gasteiger partial charge in [-0.05, 0) is 24.6 Å². The van der Waals surface area contributed by atoms with Crippen LogP contribution in [-0.4, -0.2) is 9.97 Å². The Balaban J connectivity index is 2.71. The van der Waals surface area contributed by atoms with E-state index in [2.05, 4.69) is 9.97 Å². The topological polar surface area (TPSA) is 28.7 Å². The molecule has 14 heavy (non-hydrogen) atoms. The van der Waals surface area contributed by atoms with E-state index in [9.17, 15) is 13.2 Å². The van der Waals surface area contributed by atoms with Gasteiger partial charge in [-0.2, -0.15) is 13.2 Å². The van der Waals surface area contributed by atoms with E-state index in [0.29, 0.717) is 11.0 Å². The number of aromatic nitrogens is 2. The van der Waals surface area contributed by atoms with Gasteiger partial charge in [0.25, 0.3) is 0 Å². The fourth-order valence-electron chi connectivity index (χ4n) is 1.40. The first-order valence-electron chi connectivity index (χ1n) is 3.99. The van der Waals surface area contributed by atoms with Crippen LogP contribution in [0.4, 0.5) is 13.2 Å². The van der Waals surface area contributed by atoms with Crippen LogP contribution in [0.2, 0.25) is 0 Å². The Morgan fingerprint density at radius 2 is 2.00 bits per heavy atom. The van der Waals surface area contributed by atoms with E-state index < -0.39 is 11.7 Å². The fraction of sp³-hybridized carbons (Fsp3) is 0.222. The molecule has 0 saturated heterocycles. The molecule has 5 heteroatoms. The molecule has 0 spiro atoms. The van der Waals surface area contributed by atoms with Crippen molar-refractivity contribution in [3.63, 3.8) is 0 Å². The lowest BCUT2D eigenvalue weighted by molar-refractivity contribution is -0.137. The number of hydrogen-bond acceptors (Lipinski definition) is 1. The SMILES string of the molecule is Cc1cc2[nH]cnc2cc1C(F)(F)F. The Morgan fingerprint density at radius 1 is 1.29 bits per heavy atom. The van der Waals surface area contributed by atoms with E-state index in [1.807, 2.05) is 0 Å². The molecule has 1 aromatic heterocycles. The Labute approximate surface area is 77.8 Å². The summed E-state index contributed by atoms with van der Waals surface area (Å²) < 4.78 is 37.3. The average molecular weight is 200 g/mol. The number of H-pyrrole nitrogens is 1. The van der Waals surface area contributed by atoms with E-state index >= 15 is 0 Å². The minimum Gasteiger partial charge on any atom is -0.345 e. The first-order valence-corrected chi connectivity index (χ1v) is 3.99. The number of aryl methyl sites for hydroxylation is 1. The second-order valence-electron chi connectivity index (χ2n) is 3.08. The van der Waals surface area contributed by atoms with E-state index in [1.165, 1.54) is 19.3 Å². The first kappa shape index (κ1) is 9.05. The van der Waals surface area contributed by atoms with Gasteiger partial charge in [-0.15, -0.1) is 0 Å². The van der Waals surface area contributed by atoms with Gasteiger partial charge >= 0.3 is 6.18 Å². The van der Waals surface area contributed by atoms with Gasteiger partial charge in [0.2, 0.25) is 0 Å². The predicted octanol–water partition coefficient (Wildman–Crippen LogP) is 2.89. The van der Waals surface area contributed by atoms with Crippen molar-refractivity contribution >= 4 is 11.0 Å². The molecule has 0 amide bonds. The molecule has 0 radical (unpaired) electrons. The van der Waals surface area contributed by atoms with Crippen LogP contribution in [0.25, 0.3) is 11.0 Å². The van der Waals surface area contributed by atoms with Gasteiger partial charge in [0, 0.05) is 0 Å². The number of benzene rings is 1. The van der Waals surface area contributed by atoms with Crippen LogP contribution in [0.5, 0.6) is 0 Å². The van der Waals surface area contributed by atoms with Crippen molar-refractivity contribution in [2.75, 3.05) is 0 Å². The molecule has 0 aliphatic carbocycles. The highest BCUT2D eigenvalue weighted by Gasteiger charge is 2.32. The Hall–Kier alpha value is -1.52. The monoisotopic (exact) mass is 200 g/mol. The summed E-state index contributed by atoms with van der Waals surface area (Å²) in [7, 11) is 0. The van der Waals surface area contributed by atoms with Gasteiger partial charge in [-0.3, -0.25) is 0 Å². The van der Waals surface area contributed by atoms with Crippen molar-refractivity contribution in [2.45, 2.75) is 13.1 Å². The molecule has 1 aromatic carbocycles. The van der Waals surface area contributed by atoms with Gasteiger partial charge in [0.1, 0.15) is 0 Å². The van der Waals surface area contributed by atoms with Gasteiger partial charge in [-0.25, -0.2) is 4.98 Å². The maximum atomic E-state index is 12.4. The zero-order chi connectivity index (χ0) is 10.3. The minimum absolute atomic E-state index is 0.203. The molecule has 1 N–H and O–H groups in total. The predicted molar refractivity (Wildman–Crippen MR) is 45.8 cm³/mol. The second-order valence-corrected chi connectivity index (χ2v) is 3.08. The third kappa shape index (κ3) is 1.34. The van der Waals surface area contributed by atoms with Gasteiger partial charge in [0.05, 0.1) is 22.9 Å². The molecule has 2 nitrogen and oxygen atoms in total. The van der Waals surface area contributed by atoms with E-state index in [0.717, 1.165) is 6.07 Å². The summed E-state index contributed by atoms with van der Waals surface area (Å²) in [6, 6.07) is 2.51. The molecule has 2 aromatic rings. The fourth-order valence-corrected chi connectivity index (χ4v) is 1.40. The first-order chi connectivity index (χ1) is 6.48. The molecule has 1 heterocycles. The van der Waals surface area contributed by atoms with Crippen LogP contribution in [0.3, 0.4) is 0 Å². The number of hydrogen-bond donors (Lipinski definition) is 1. The average Bonchev–Trinajstić information content (AvgIpc) is 2.47. The number of nitrogens with zero attached hydrogens (tertiary/aromatic N) is 1. The molecule has 0 saturated carbocycles. The highest BCUT2D eigenvalue weighted by molar-refractivity contribution is 5.76. The third-order valence-electron chi connectivity index (χ3n) is 2.07. The molecule has 74 valence electrons. The summed E-state index contributed by atoms with van der Waals surface area (Å²) in [4.78, 5) is 6.54. The van der Waals surface area contributed by atoms with Crippen LogP contribution < -0.4 is 0 Å². The van der Waals surface area contributed by atoms with Gasteiger partial charge in [0.15, 0.2) is 0 Å². The molecular formula is C9H7F3N2. The third-order valence-corrected chi connectivity index (χ3v) is 2.07. The lowest BCUT2D eigenvalue weighted by Gasteiger charge is -2.09. The zero-order valence-corrected chi connectivity index (χ0v) is 7.31. The van der Waals surface area contributed by atoms with Crippen molar-refractivity contribution < 1.29 is 13.2 Å². The van der Waals surface area contributed by atoms with Crippen molar-refractivity contribution in [2.24, 2.45) is 0 Å². The largest absolute Gasteiger partial charge is 0.416 e. The van der Waals surface area contributed by atoms with E-state index in [-0.39, 0.29) is 5.56 Å². The minimum atomic E-state index is -4.31. The molecule has 0 atom stereocenters. The van der Waals surface area contributed by atoms with Gasteiger partial charge < -0.3 is 4.98 Å². The summed E-state index contributed by atoms with van der Waals surface area (Å²) in [6.45, 7) is 1.43. The zero-order valence-electron chi connectivity index (χ0n) is 7.31. The number of imidazole rings is 1. The number of fused-ring (bicyclic) bond motifs is 1. The summed E-state index contributed by atoms with van der Waals surface area (Å²) in [5, 5.41) is 0. The van der Waals surface area contributed by atoms with Crippen molar-refractivity contribution in [1.29, 1.82) is 0 Å². The standard InChI is InChI=1S/C9H7F3N2/c1-5-2-7-8(14-4-13-7)3-6(5)9(10,11)12/h2-4H,1H3,(H,13,14). The van der Waals surface area contributed by atoms with Crippen molar-refractivity contribution in [3.8, 4) is 0 Å². The molecule has 0 unspecified atom stereocenters. The van der Waals surface area contributed by atoms with Crippen LogP contribution in [0.1, 0.15) is 11.1 Å². The lowest BCUT2D eigenvalue weighted by atomic mass is 10.1. The number of halogens is 3. The molecule has 0 fully saturated rings. The number of rotatable bonds is 0. The van der Waals surface area contributed by atoms with Gasteiger partial charge in [-0.1, -0.05) is 0 Å². The van der Waals surface area contributed by atoms with E-state index in [1.54, 1.807) is 0 Å². The summed E-state index contributed by atoms with van der Waals surface area (Å²) in [5.41, 5.74) is 0.532. The Morgan fingerprint density at radius 3 is 2.64 bits per heavy atom. The van der Waals surface area contributed by atoms with Crippen LogP contribution in [-0.2, 0) is 6.18 Å². The number of nitrogens with one attached hydrogen (secondary N) is 1. The molecule has 0 bridgehead atoms. The Kier molecular flexibility index (Phi) is 1.77. The highest BCUT2D eigenvalue weighted by atomic mass is 19.4. The second kappa shape index (κ2) is 2.73. The number of aromatic amines is 1. The maximum Gasteiger partial charge on any atom is 0.416 e. The molecular weight excluding hydrogens is 193 g/mol. The molecule has 0 aliphatic rings. The maximum absolute atomic E-state index is 12.4. The molecule has 2 rings (SSSR count).